The normalized spacial score (nSPS) is 12.2. The molecule has 0 fully saturated rings. The molecule has 0 spiro atoms. The van der Waals surface area contributed by atoms with Crippen LogP contribution in [0.4, 0.5) is 5.69 Å². The summed E-state index contributed by atoms with van der Waals surface area (Å²) in [5, 5.41) is 4.75. The van der Waals surface area contributed by atoms with Crippen molar-refractivity contribution in [3.05, 3.63) is 62.0 Å². The fraction of sp³-hybridized carbons (Fsp3) is 0.250. The second-order valence-electron chi connectivity index (χ2n) is 4.74. The Morgan fingerprint density at radius 2 is 1.85 bits per heavy atom. The summed E-state index contributed by atoms with van der Waals surface area (Å²) in [6, 6.07) is 12.2. The van der Waals surface area contributed by atoms with Crippen molar-refractivity contribution < 1.29 is 0 Å². The SMILES string of the molecule is CCC(Nc1cc(Br)ccc1C)c1ccc(Cl)c(Cl)c1. The number of rotatable bonds is 4. The Balaban J connectivity index is 2.28. The van der Waals surface area contributed by atoms with Crippen molar-refractivity contribution in [3.8, 4) is 0 Å². The van der Waals surface area contributed by atoms with Gasteiger partial charge in [0.2, 0.25) is 0 Å². The van der Waals surface area contributed by atoms with Crippen molar-refractivity contribution in [2.45, 2.75) is 26.3 Å². The first-order chi connectivity index (χ1) is 9.51. The largest absolute Gasteiger partial charge is 0.378 e. The minimum absolute atomic E-state index is 0.206. The van der Waals surface area contributed by atoms with E-state index < -0.39 is 0 Å². The van der Waals surface area contributed by atoms with Gasteiger partial charge in [-0.25, -0.2) is 0 Å². The molecule has 2 aromatic rings. The van der Waals surface area contributed by atoms with Crippen LogP contribution in [0, 0.1) is 6.92 Å². The molecule has 1 unspecified atom stereocenters. The molecule has 0 aliphatic heterocycles. The van der Waals surface area contributed by atoms with E-state index in [1.807, 2.05) is 24.3 Å². The quantitative estimate of drug-likeness (QED) is 0.635. The van der Waals surface area contributed by atoms with Gasteiger partial charge in [0.25, 0.3) is 0 Å². The van der Waals surface area contributed by atoms with Crippen molar-refractivity contribution >= 4 is 44.8 Å². The van der Waals surface area contributed by atoms with E-state index in [1.165, 1.54) is 5.56 Å². The summed E-state index contributed by atoms with van der Waals surface area (Å²) in [6.07, 6.45) is 0.962. The molecule has 0 radical (unpaired) electrons. The molecule has 0 aliphatic rings. The van der Waals surface area contributed by atoms with Crippen LogP contribution < -0.4 is 5.32 Å². The Morgan fingerprint density at radius 1 is 1.10 bits per heavy atom. The highest BCUT2D eigenvalue weighted by Gasteiger charge is 2.12. The van der Waals surface area contributed by atoms with Crippen LogP contribution in [0.15, 0.2) is 40.9 Å². The standard InChI is InChI=1S/C16H16BrCl2N/c1-3-15(11-5-7-13(18)14(19)8-11)20-16-9-12(17)6-4-10(16)2/h4-9,15,20H,3H2,1-2H3. The Bertz CT molecular complexity index is 613. The summed E-state index contributed by atoms with van der Waals surface area (Å²) in [5.74, 6) is 0. The zero-order valence-electron chi connectivity index (χ0n) is 11.4. The number of nitrogens with one attached hydrogen (secondary N) is 1. The first kappa shape index (κ1) is 15.7. The van der Waals surface area contributed by atoms with E-state index in [2.05, 4.69) is 47.2 Å². The highest BCUT2D eigenvalue weighted by Crippen LogP contribution is 2.30. The molecule has 0 aromatic heterocycles. The van der Waals surface area contributed by atoms with Gasteiger partial charge in [-0.2, -0.15) is 0 Å². The molecule has 106 valence electrons. The van der Waals surface area contributed by atoms with E-state index >= 15 is 0 Å². The van der Waals surface area contributed by atoms with Crippen LogP contribution in [-0.2, 0) is 0 Å². The van der Waals surface area contributed by atoms with Crippen molar-refractivity contribution in [1.29, 1.82) is 0 Å². The van der Waals surface area contributed by atoms with E-state index in [0.29, 0.717) is 10.0 Å². The predicted octanol–water partition coefficient (Wildman–Crippen LogP) is 6.63. The number of aryl methyl sites for hydroxylation is 1. The smallest absolute Gasteiger partial charge is 0.0595 e. The van der Waals surface area contributed by atoms with Gasteiger partial charge in [0, 0.05) is 10.2 Å². The average Bonchev–Trinajstić information content (AvgIpc) is 2.43. The van der Waals surface area contributed by atoms with Crippen LogP contribution >= 0.6 is 39.1 Å². The highest BCUT2D eigenvalue weighted by atomic mass is 79.9. The number of halogens is 3. The maximum Gasteiger partial charge on any atom is 0.0595 e. The average molecular weight is 373 g/mol. The van der Waals surface area contributed by atoms with E-state index in [0.717, 1.165) is 22.1 Å². The zero-order valence-corrected chi connectivity index (χ0v) is 14.5. The van der Waals surface area contributed by atoms with E-state index in [1.54, 1.807) is 0 Å². The monoisotopic (exact) mass is 371 g/mol. The lowest BCUT2D eigenvalue weighted by Crippen LogP contribution is -2.10. The molecule has 2 rings (SSSR count). The predicted molar refractivity (Wildman–Crippen MR) is 92.0 cm³/mol. The van der Waals surface area contributed by atoms with E-state index in [9.17, 15) is 0 Å². The van der Waals surface area contributed by atoms with E-state index in [-0.39, 0.29) is 6.04 Å². The van der Waals surface area contributed by atoms with E-state index in [4.69, 9.17) is 23.2 Å². The lowest BCUT2D eigenvalue weighted by molar-refractivity contribution is 0.748. The topological polar surface area (TPSA) is 12.0 Å². The Hall–Kier alpha value is -0.700. The minimum atomic E-state index is 0.206. The number of anilines is 1. The molecule has 0 amide bonds. The van der Waals surface area contributed by atoms with Crippen LogP contribution in [0.1, 0.15) is 30.5 Å². The Morgan fingerprint density at radius 3 is 2.50 bits per heavy atom. The molecule has 1 atom stereocenters. The van der Waals surface area contributed by atoms with Crippen molar-refractivity contribution in [2.24, 2.45) is 0 Å². The molecule has 0 saturated heterocycles. The molecule has 1 nitrogen and oxygen atoms in total. The molecule has 1 N–H and O–H groups in total. The highest BCUT2D eigenvalue weighted by molar-refractivity contribution is 9.10. The van der Waals surface area contributed by atoms with Crippen LogP contribution in [0.3, 0.4) is 0 Å². The van der Waals surface area contributed by atoms with Crippen molar-refractivity contribution in [3.63, 3.8) is 0 Å². The number of hydrogen-bond donors (Lipinski definition) is 1. The van der Waals surface area contributed by atoms with Crippen LogP contribution in [0.2, 0.25) is 10.0 Å². The molecule has 4 heteroatoms. The van der Waals surface area contributed by atoms with Crippen molar-refractivity contribution in [2.75, 3.05) is 5.32 Å². The number of benzene rings is 2. The van der Waals surface area contributed by atoms with Gasteiger partial charge >= 0.3 is 0 Å². The van der Waals surface area contributed by atoms with Crippen LogP contribution in [0.5, 0.6) is 0 Å². The summed E-state index contributed by atoms with van der Waals surface area (Å²) in [4.78, 5) is 0. The first-order valence-electron chi connectivity index (χ1n) is 6.49. The lowest BCUT2D eigenvalue weighted by atomic mass is 10.0. The molecule has 0 heterocycles. The molecular weight excluding hydrogens is 357 g/mol. The second-order valence-corrected chi connectivity index (χ2v) is 6.47. The molecule has 20 heavy (non-hydrogen) atoms. The van der Waals surface area contributed by atoms with Gasteiger partial charge in [-0.15, -0.1) is 0 Å². The fourth-order valence-electron chi connectivity index (χ4n) is 2.09. The first-order valence-corrected chi connectivity index (χ1v) is 8.03. The van der Waals surface area contributed by atoms with Gasteiger partial charge in [-0.3, -0.25) is 0 Å². The summed E-state index contributed by atoms with van der Waals surface area (Å²) < 4.78 is 1.06. The van der Waals surface area contributed by atoms with Gasteiger partial charge in [-0.05, 0) is 48.7 Å². The summed E-state index contributed by atoms with van der Waals surface area (Å²) in [5.41, 5.74) is 3.48. The third-order valence-corrected chi connectivity index (χ3v) is 4.52. The third-order valence-electron chi connectivity index (χ3n) is 3.28. The minimum Gasteiger partial charge on any atom is -0.378 e. The Labute approximate surface area is 138 Å². The summed E-state index contributed by atoms with van der Waals surface area (Å²) in [6.45, 7) is 4.24. The van der Waals surface area contributed by atoms with Gasteiger partial charge in [0.15, 0.2) is 0 Å². The zero-order chi connectivity index (χ0) is 14.7. The maximum absolute atomic E-state index is 6.11. The lowest BCUT2D eigenvalue weighted by Gasteiger charge is -2.21. The summed E-state index contributed by atoms with van der Waals surface area (Å²) in [7, 11) is 0. The summed E-state index contributed by atoms with van der Waals surface area (Å²) >= 11 is 15.6. The van der Waals surface area contributed by atoms with Gasteiger partial charge in [0.1, 0.15) is 0 Å². The third kappa shape index (κ3) is 3.69. The van der Waals surface area contributed by atoms with Gasteiger partial charge in [-0.1, -0.05) is 58.2 Å². The Kier molecular flexibility index (Phi) is 5.36. The molecule has 0 saturated carbocycles. The van der Waals surface area contributed by atoms with Gasteiger partial charge < -0.3 is 5.32 Å². The molecule has 0 aliphatic carbocycles. The maximum atomic E-state index is 6.11. The van der Waals surface area contributed by atoms with Crippen LogP contribution in [-0.4, -0.2) is 0 Å². The molecule has 0 bridgehead atoms. The second kappa shape index (κ2) is 6.84. The number of hydrogen-bond acceptors (Lipinski definition) is 1. The molecular formula is C16H16BrCl2N. The van der Waals surface area contributed by atoms with Gasteiger partial charge in [0.05, 0.1) is 16.1 Å². The van der Waals surface area contributed by atoms with Crippen molar-refractivity contribution in [1.82, 2.24) is 0 Å². The van der Waals surface area contributed by atoms with Crippen LogP contribution in [0.25, 0.3) is 0 Å². The molecule has 2 aromatic carbocycles. The fourth-order valence-corrected chi connectivity index (χ4v) is 2.76.